The summed E-state index contributed by atoms with van der Waals surface area (Å²) < 4.78 is 5.39. The van der Waals surface area contributed by atoms with Crippen LogP contribution < -0.4 is 10.6 Å². The van der Waals surface area contributed by atoms with Crippen molar-refractivity contribution in [1.29, 1.82) is 0 Å². The van der Waals surface area contributed by atoms with Gasteiger partial charge in [-0.15, -0.1) is 0 Å². The summed E-state index contributed by atoms with van der Waals surface area (Å²) in [6.45, 7) is 5.42. The lowest BCUT2D eigenvalue weighted by Crippen LogP contribution is -2.38. The largest absolute Gasteiger partial charge is 0.466 e. The van der Waals surface area contributed by atoms with Crippen molar-refractivity contribution in [3.8, 4) is 0 Å². The van der Waals surface area contributed by atoms with Crippen LogP contribution in [-0.2, 0) is 4.79 Å². The van der Waals surface area contributed by atoms with Crippen LogP contribution in [0.4, 0.5) is 0 Å². The van der Waals surface area contributed by atoms with E-state index in [2.05, 4.69) is 10.6 Å². The van der Waals surface area contributed by atoms with Gasteiger partial charge in [0.2, 0.25) is 5.91 Å². The molecule has 0 unspecified atom stereocenters. The molecule has 0 atom stereocenters. The highest BCUT2D eigenvalue weighted by atomic mass is 16.3. The van der Waals surface area contributed by atoms with Crippen molar-refractivity contribution < 1.29 is 14.0 Å². The van der Waals surface area contributed by atoms with E-state index in [0.717, 1.165) is 24.2 Å². The summed E-state index contributed by atoms with van der Waals surface area (Å²) in [5.41, 5.74) is 1.36. The molecule has 1 saturated carbocycles. The van der Waals surface area contributed by atoms with E-state index in [-0.39, 0.29) is 18.4 Å². The number of nitrogens with one attached hydrogen (secondary N) is 2. The second-order valence-corrected chi connectivity index (χ2v) is 4.74. The number of hydrogen-bond acceptors (Lipinski definition) is 3. The molecule has 2 rings (SSSR count). The van der Waals surface area contributed by atoms with E-state index in [1.54, 1.807) is 6.92 Å². The molecule has 0 bridgehead atoms. The molecule has 0 radical (unpaired) electrons. The van der Waals surface area contributed by atoms with Gasteiger partial charge < -0.3 is 15.1 Å². The van der Waals surface area contributed by atoms with Gasteiger partial charge in [0.05, 0.1) is 12.1 Å². The van der Waals surface area contributed by atoms with E-state index in [0.29, 0.717) is 17.4 Å². The van der Waals surface area contributed by atoms with Gasteiger partial charge in [0.15, 0.2) is 0 Å². The molecule has 1 aromatic heterocycles. The number of hydrogen-bond donors (Lipinski definition) is 2. The standard InChI is InChI=1S/C13H18N2O3/c1-7-8(2)18-9(3)12(7)13(17)14-6-11(16)15-10-4-5-10/h10H,4-6H2,1-3H3,(H,14,17)(H,15,16). The molecule has 2 N–H and O–H groups in total. The lowest BCUT2D eigenvalue weighted by Gasteiger charge is -2.06. The molecule has 0 spiro atoms. The van der Waals surface area contributed by atoms with Crippen LogP contribution in [0.25, 0.3) is 0 Å². The van der Waals surface area contributed by atoms with Gasteiger partial charge >= 0.3 is 0 Å². The van der Waals surface area contributed by atoms with Crippen molar-refractivity contribution in [2.75, 3.05) is 6.54 Å². The SMILES string of the molecule is Cc1oc(C)c(C(=O)NCC(=O)NC2CC2)c1C. The van der Waals surface area contributed by atoms with Gasteiger partial charge in [0, 0.05) is 11.6 Å². The number of furan rings is 1. The molecule has 2 amide bonds. The predicted octanol–water partition coefficient (Wildman–Crippen LogP) is 1.21. The highest BCUT2D eigenvalue weighted by molar-refractivity contribution is 5.98. The summed E-state index contributed by atoms with van der Waals surface area (Å²) in [4.78, 5) is 23.4. The fraction of sp³-hybridized carbons (Fsp3) is 0.538. The highest BCUT2D eigenvalue weighted by Gasteiger charge is 2.24. The quantitative estimate of drug-likeness (QED) is 0.843. The summed E-state index contributed by atoms with van der Waals surface area (Å²) in [6.07, 6.45) is 2.08. The van der Waals surface area contributed by atoms with Crippen molar-refractivity contribution in [3.63, 3.8) is 0 Å². The van der Waals surface area contributed by atoms with E-state index >= 15 is 0 Å². The predicted molar refractivity (Wildman–Crippen MR) is 66.4 cm³/mol. The Labute approximate surface area is 106 Å². The Balaban J connectivity index is 1.92. The van der Waals surface area contributed by atoms with Gasteiger partial charge in [-0.1, -0.05) is 0 Å². The molecule has 0 aromatic carbocycles. The third-order valence-electron chi connectivity index (χ3n) is 3.14. The topological polar surface area (TPSA) is 71.3 Å². The first-order valence-electron chi connectivity index (χ1n) is 6.13. The highest BCUT2D eigenvalue weighted by Crippen LogP contribution is 2.20. The van der Waals surface area contributed by atoms with Gasteiger partial charge in [-0.3, -0.25) is 9.59 Å². The van der Waals surface area contributed by atoms with Crippen molar-refractivity contribution in [1.82, 2.24) is 10.6 Å². The number of carbonyl (C=O) groups excluding carboxylic acids is 2. The summed E-state index contributed by atoms with van der Waals surface area (Å²) in [7, 11) is 0. The second-order valence-electron chi connectivity index (χ2n) is 4.74. The maximum absolute atomic E-state index is 12.0. The van der Waals surface area contributed by atoms with E-state index in [9.17, 15) is 9.59 Å². The maximum atomic E-state index is 12.0. The monoisotopic (exact) mass is 250 g/mol. The average molecular weight is 250 g/mol. The van der Waals surface area contributed by atoms with E-state index in [1.807, 2.05) is 13.8 Å². The third-order valence-corrected chi connectivity index (χ3v) is 3.14. The Kier molecular flexibility index (Phi) is 3.41. The van der Waals surface area contributed by atoms with Gasteiger partial charge in [0.1, 0.15) is 11.5 Å². The van der Waals surface area contributed by atoms with E-state index < -0.39 is 0 Å². The van der Waals surface area contributed by atoms with E-state index in [1.165, 1.54) is 0 Å². The van der Waals surface area contributed by atoms with Crippen LogP contribution in [-0.4, -0.2) is 24.4 Å². The zero-order valence-electron chi connectivity index (χ0n) is 10.9. The Morgan fingerprint density at radius 1 is 1.22 bits per heavy atom. The number of carbonyl (C=O) groups is 2. The van der Waals surface area contributed by atoms with Crippen molar-refractivity contribution in [3.05, 3.63) is 22.6 Å². The fourth-order valence-electron chi connectivity index (χ4n) is 1.88. The van der Waals surface area contributed by atoms with Gasteiger partial charge in [0.25, 0.3) is 5.91 Å². The Hall–Kier alpha value is -1.78. The Bertz CT molecular complexity index is 487. The van der Waals surface area contributed by atoms with Crippen LogP contribution in [0.2, 0.25) is 0 Å². The number of rotatable bonds is 4. The third kappa shape index (κ3) is 2.72. The van der Waals surface area contributed by atoms with Gasteiger partial charge in [-0.2, -0.15) is 0 Å². The Morgan fingerprint density at radius 2 is 1.89 bits per heavy atom. The van der Waals surface area contributed by atoms with E-state index in [4.69, 9.17) is 4.42 Å². The second kappa shape index (κ2) is 4.84. The van der Waals surface area contributed by atoms with Crippen LogP contribution in [0.1, 0.15) is 40.3 Å². The molecule has 0 saturated heterocycles. The summed E-state index contributed by atoms with van der Waals surface area (Å²) in [5.74, 6) is 0.930. The molecular formula is C13H18N2O3. The Morgan fingerprint density at radius 3 is 2.39 bits per heavy atom. The molecule has 1 aliphatic carbocycles. The van der Waals surface area contributed by atoms with Gasteiger partial charge in [-0.05, 0) is 33.6 Å². The zero-order valence-corrected chi connectivity index (χ0v) is 10.9. The molecular weight excluding hydrogens is 232 g/mol. The molecule has 18 heavy (non-hydrogen) atoms. The molecule has 1 aliphatic rings. The van der Waals surface area contributed by atoms with Crippen molar-refractivity contribution in [2.24, 2.45) is 0 Å². The van der Waals surface area contributed by atoms with Crippen LogP contribution in [0.15, 0.2) is 4.42 Å². The zero-order chi connectivity index (χ0) is 13.3. The summed E-state index contributed by atoms with van der Waals surface area (Å²) in [6, 6.07) is 0.314. The normalized spacial score (nSPS) is 14.4. The van der Waals surface area contributed by atoms with Crippen LogP contribution in [0, 0.1) is 20.8 Å². The minimum Gasteiger partial charge on any atom is -0.466 e. The lowest BCUT2D eigenvalue weighted by atomic mass is 10.1. The van der Waals surface area contributed by atoms with Crippen LogP contribution in [0.5, 0.6) is 0 Å². The first-order chi connectivity index (χ1) is 8.49. The molecule has 1 aromatic rings. The molecule has 5 heteroatoms. The first kappa shape index (κ1) is 12.7. The average Bonchev–Trinajstić information content (AvgIpc) is 3.05. The summed E-state index contributed by atoms with van der Waals surface area (Å²) >= 11 is 0. The van der Waals surface area contributed by atoms with Crippen molar-refractivity contribution >= 4 is 11.8 Å². The smallest absolute Gasteiger partial charge is 0.255 e. The van der Waals surface area contributed by atoms with Crippen molar-refractivity contribution in [2.45, 2.75) is 39.7 Å². The molecule has 0 aliphatic heterocycles. The summed E-state index contributed by atoms with van der Waals surface area (Å²) in [5, 5.41) is 5.43. The lowest BCUT2D eigenvalue weighted by molar-refractivity contribution is -0.120. The van der Waals surface area contributed by atoms with Crippen LogP contribution >= 0.6 is 0 Å². The van der Waals surface area contributed by atoms with Gasteiger partial charge in [-0.25, -0.2) is 0 Å². The molecule has 98 valence electrons. The number of aryl methyl sites for hydroxylation is 2. The molecule has 1 heterocycles. The molecule has 1 fully saturated rings. The fourth-order valence-corrected chi connectivity index (χ4v) is 1.88. The molecule has 5 nitrogen and oxygen atoms in total. The maximum Gasteiger partial charge on any atom is 0.255 e. The number of amides is 2. The van der Waals surface area contributed by atoms with Crippen LogP contribution in [0.3, 0.4) is 0 Å². The first-order valence-corrected chi connectivity index (χ1v) is 6.13. The minimum atomic E-state index is -0.257. The minimum absolute atomic E-state index is 0.0123.